The normalized spacial score (nSPS) is 11.1. The maximum atomic E-state index is 5.41. The van der Waals surface area contributed by atoms with E-state index in [1.807, 2.05) is 16.7 Å². The molecule has 19 heavy (non-hydrogen) atoms. The van der Waals surface area contributed by atoms with Crippen LogP contribution in [0.1, 0.15) is 5.56 Å². The van der Waals surface area contributed by atoms with Gasteiger partial charge >= 0.3 is 0 Å². The topological polar surface area (TPSA) is 33.6 Å². The predicted molar refractivity (Wildman–Crippen MR) is 86.4 cm³/mol. The van der Waals surface area contributed by atoms with Crippen LogP contribution in [0.2, 0.25) is 0 Å². The monoisotopic (exact) mass is 397 g/mol. The molecule has 0 saturated carbocycles. The van der Waals surface area contributed by atoms with Crippen molar-refractivity contribution in [1.29, 1.82) is 0 Å². The Hall–Kier alpha value is -0.980. The highest BCUT2D eigenvalue weighted by molar-refractivity contribution is 9.10. The molecule has 2 aromatic heterocycles. The number of H-pyrrole nitrogens is 1. The largest absolute Gasteiger partial charge is 0.329 e. The zero-order valence-electron chi connectivity index (χ0n) is 9.95. The fraction of sp³-hybridized carbons (Fsp3) is 0.0769. The highest BCUT2D eigenvalue weighted by Gasteiger charge is 2.11. The van der Waals surface area contributed by atoms with E-state index in [0.717, 1.165) is 25.8 Å². The van der Waals surface area contributed by atoms with E-state index in [1.165, 1.54) is 5.56 Å². The number of nitrogens with one attached hydrogen (secondary N) is 1. The van der Waals surface area contributed by atoms with Crippen LogP contribution in [0.4, 0.5) is 0 Å². The predicted octanol–water partition coefficient (Wildman–Crippen LogP) is 4.92. The molecule has 0 bridgehead atoms. The lowest BCUT2D eigenvalue weighted by atomic mass is 10.2. The summed E-state index contributed by atoms with van der Waals surface area (Å²) in [5.74, 6) is 0. The van der Waals surface area contributed by atoms with E-state index < -0.39 is 0 Å². The number of rotatable bonds is 1. The number of imidazole rings is 1. The van der Waals surface area contributed by atoms with Crippen LogP contribution < -0.4 is 0 Å². The number of pyridine rings is 1. The van der Waals surface area contributed by atoms with Crippen LogP contribution >= 0.6 is 44.1 Å². The van der Waals surface area contributed by atoms with Crippen LogP contribution in [-0.4, -0.2) is 14.5 Å². The fourth-order valence-corrected chi connectivity index (χ4v) is 3.04. The molecule has 2 heterocycles. The number of halogens is 2. The molecule has 3 aromatic rings. The number of hydrogen-bond acceptors (Lipinski definition) is 2. The molecule has 96 valence electrons. The van der Waals surface area contributed by atoms with E-state index in [-0.39, 0.29) is 0 Å². The first-order chi connectivity index (χ1) is 9.06. The second kappa shape index (κ2) is 4.85. The minimum absolute atomic E-state index is 0.631. The van der Waals surface area contributed by atoms with E-state index in [2.05, 4.69) is 60.9 Å². The van der Waals surface area contributed by atoms with Crippen molar-refractivity contribution in [2.24, 2.45) is 0 Å². The summed E-state index contributed by atoms with van der Waals surface area (Å²) in [4.78, 5) is 7.62. The van der Waals surface area contributed by atoms with Gasteiger partial charge in [-0.15, -0.1) is 0 Å². The average Bonchev–Trinajstić information content (AvgIpc) is 2.67. The Kier molecular flexibility index (Phi) is 3.32. The van der Waals surface area contributed by atoms with E-state index in [9.17, 15) is 0 Å². The number of nitrogens with zero attached hydrogens (tertiary/aromatic N) is 2. The maximum Gasteiger partial charge on any atom is 0.184 e. The molecule has 0 aliphatic carbocycles. The number of fused-ring (bicyclic) bond motifs is 1. The Morgan fingerprint density at radius 1 is 1.26 bits per heavy atom. The molecule has 0 atom stereocenters. The molecule has 1 N–H and O–H groups in total. The second-order valence-corrected chi connectivity index (χ2v) is 6.40. The fourth-order valence-electron chi connectivity index (χ4n) is 1.99. The molecule has 0 aliphatic heterocycles. The van der Waals surface area contributed by atoms with Gasteiger partial charge in [-0.1, -0.05) is 6.07 Å². The van der Waals surface area contributed by atoms with Gasteiger partial charge in [-0.25, -0.2) is 4.98 Å². The lowest BCUT2D eigenvalue weighted by molar-refractivity contribution is 1.03. The summed E-state index contributed by atoms with van der Waals surface area (Å²) < 4.78 is 4.48. The first-order valence-corrected chi connectivity index (χ1v) is 7.58. The molecule has 6 heteroatoms. The van der Waals surface area contributed by atoms with Crippen LogP contribution in [0.3, 0.4) is 0 Å². The molecule has 0 aliphatic rings. The van der Waals surface area contributed by atoms with Gasteiger partial charge in [-0.2, -0.15) is 0 Å². The van der Waals surface area contributed by atoms with Crippen molar-refractivity contribution in [3.05, 3.63) is 49.7 Å². The summed E-state index contributed by atoms with van der Waals surface area (Å²) in [6.45, 7) is 2.05. The van der Waals surface area contributed by atoms with E-state index >= 15 is 0 Å². The molecular weight excluding hydrogens is 390 g/mol. The number of benzene rings is 1. The molecule has 3 rings (SSSR count). The maximum absolute atomic E-state index is 5.41. The number of hydrogen-bond donors (Lipinski definition) is 1. The van der Waals surface area contributed by atoms with Gasteiger partial charge in [0.25, 0.3) is 0 Å². The van der Waals surface area contributed by atoms with Crippen LogP contribution in [0.15, 0.2) is 39.4 Å². The standard InChI is InChI=1S/C13H9Br2N3S/c1-7-2-3-9(15)11(4-7)18-12-10(17-13(18)19)5-8(14)6-16-12/h2-6H,1H3,(H,17,19). The smallest absolute Gasteiger partial charge is 0.184 e. The van der Waals surface area contributed by atoms with Crippen molar-refractivity contribution in [3.63, 3.8) is 0 Å². The first kappa shape index (κ1) is 13.0. The molecule has 0 radical (unpaired) electrons. The van der Waals surface area contributed by atoms with E-state index in [4.69, 9.17) is 12.2 Å². The van der Waals surface area contributed by atoms with Gasteiger partial charge in [0.05, 0.1) is 11.2 Å². The Labute approximate surface area is 131 Å². The molecule has 0 unspecified atom stereocenters. The summed E-state index contributed by atoms with van der Waals surface area (Å²) in [5.41, 5.74) is 3.89. The third-order valence-corrected chi connectivity index (χ3v) is 4.22. The van der Waals surface area contributed by atoms with Gasteiger partial charge in [-0.3, -0.25) is 4.57 Å². The van der Waals surface area contributed by atoms with Crippen molar-refractivity contribution in [1.82, 2.24) is 14.5 Å². The summed E-state index contributed by atoms with van der Waals surface area (Å²) in [6.07, 6.45) is 1.77. The third kappa shape index (κ3) is 2.28. The van der Waals surface area contributed by atoms with Crippen molar-refractivity contribution in [2.45, 2.75) is 6.92 Å². The number of aromatic amines is 1. The second-order valence-electron chi connectivity index (χ2n) is 4.25. The van der Waals surface area contributed by atoms with E-state index in [0.29, 0.717) is 4.77 Å². The molecule has 3 nitrogen and oxygen atoms in total. The Balaban J connectivity index is 2.39. The van der Waals surface area contributed by atoms with Crippen molar-refractivity contribution < 1.29 is 0 Å². The summed E-state index contributed by atoms with van der Waals surface area (Å²) >= 11 is 12.4. The highest BCUT2D eigenvalue weighted by Crippen LogP contribution is 2.26. The van der Waals surface area contributed by atoms with E-state index in [1.54, 1.807) is 6.20 Å². The SMILES string of the molecule is Cc1ccc(Br)c(-n2c(=S)[nH]c3cc(Br)cnc32)c1. The molecule has 0 fully saturated rings. The molecule has 0 amide bonds. The van der Waals surface area contributed by atoms with Crippen molar-refractivity contribution in [2.75, 3.05) is 0 Å². The Bertz CT molecular complexity index is 836. The van der Waals surface area contributed by atoms with Crippen LogP contribution in [0.25, 0.3) is 16.9 Å². The average molecular weight is 399 g/mol. The van der Waals surface area contributed by atoms with Gasteiger partial charge in [0.2, 0.25) is 0 Å². The molecular formula is C13H9Br2N3S. The molecule has 0 saturated heterocycles. The minimum Gasteiger partial charge on any atom is -0.329 e. The van der Waals surface area contributed by atoms with Gasteiger partial charge in [-0.05, 0) is 74.8 Å². The van der Waals surface area contributed by atoms with Crippen molar-refractivity contribution >= 4 is 55.2 Å². The van der Waals surface area contributed by atoms with Gasteiger partial charge in [0.15, 0.2) is 10.4 Å². The summed E-state index contributed by atoms with van der Waals surface area (Å²) in [6, 6.07) is 8.12. The zero-order valence-corrected chi connectivity index (χ0v) is 13.9. The zero-order chi connectivity index (χ0) is 13.6. The lowest BCUT2D eigenvalue weighted by Crippen LogP contribution is -1.97. The lowest BCUT2D eigenvalue weighted by Gasteiger charge is -2.07. The van der Waals surface area contributed by atoms with Gasteiger partial charge in [0.1, 0.15) is 0 Å². The summed E-state index contributed by atoms with van der Waals surface area (Å²) in [5, 5.41) is 0. The highest BCUT2D eigenvalue weighted by atomic mass is 79.9. The Morgan fingerprint density at radius 2 is 2.05 bits per heavy atom. The van der Waals surface area contributed by atoms with Gasteiger partial charge in [0, 0.05) is 15.1 Å². The quantitative estimate of drug-likeness (QED) is 0.590. The first-order valence-electron chi connectivity index (χ1n) is 5.59. The minimum atomic E-state index is 0.631. The summed E-state index contributed by atoms with van der Waals surface area (Å²) in [7, 11) is 0. The van der Waals surface area contributed by atoms with Crippen LogP contribution in [0.5, 0.6) is 0 Å². The van der Waals surface area contributed by atoms with Crippen LogP contribution in [0, 0.1) is 11.7 Å². The number of aryl methyl sites for hydroxylation is 1. The van der Waals surface area contributed by atoms with Crippen LogP contribution in [-0.2, 0) is 0 Å². The molecule has 0 spiro atoms. The molecule has 1 aromatic carbocycles. The van der Waals surface area contributed by atoms with Crippen molar-refractivity contribution in [3.8, 4) is 5.69 Å². The third-order valence-electron chi connectivity index (χ3n) is 2.83. The number of aromatic nitrogens is 3. The van der Waals surface area contributed by atoms with Gasteiger partial charge < -0.3 is 4.98 Å². The Morgan fingerprint density at radius 3 is 2.84 bits per heavy atom.